The van der Waals surface area contributed by atoms with Crippen molar-refractivity contribution in [1.82, 2.24) is 4.98 Å². The molecule has 1 rings (SSSR count). The predicted molar refractivity (Wildman–Crippen MR) is 50.4 cm³/mol. The molecule has 14 heavy (non-hydrogen) atoms. The molecule has 2 unspecified atom stereocenters. The zero-order valence-electron chi connectivity index (χ0n) is 8.11. The first kappa shape index (κ1) is 10.7. The minimum Gasteiger partial charge on any atom is -0.384 e. The number of amides is 1. The number of aliphatic hydroxyl groups excluding tert-OH is 2. The van der Waals surface area contributed by atoms with E-state index in [0.29, 0.717) is 5.69 Å². The summed E-state index contributed by atoms with van der Waals surface area (Å²) in [5.74, 6) is -0.941. The predicted octanol–water partition coefficient (Wildman–Crippen LogP) is -0.489. The standard InChI is InChI=1S/C9H14N2O3/c1-4-3-5(2)11-6(4)7(12)8(13)9(10)14/h3,7-8,11-13H,1-2H3,(H2,10,14). The Hall–Kier alpha value is -1.33. The second kappa shape index (κ2) is 3.81. The van der Waals surface area contributed by atoms with Crippen LogP contribution in [-0.4, -0.2) is 27.2 Å². The van der Waals surface area contributed by atoms with Gasteiger partial charge in [-0.05, 0) is 25.5 Å². The monoisotopic (exact) mass is 198 g/mol. The SMILES string of the molecule is Cc1cc(C)c(C(O)C(O)C(N)=O)[nH]1. The Morgan fingerprint density at radius 2 is 2.07 bits per heavy atom. The quantitative estimate of drug-likeness (QED) is 0.527. The number of primary amides is 1. The number of hydrogen-bond acceptors (Lipinski definition) is 3. The minimum absolute atomic E-state index is 0.425. The highest BCUT2D eigenvalue weighted by atomic mass is 16.3. The highest BCUT2D eigenvalue weighted by Gasteiger charge is 2.25. The lowest BCUT2D eigenvalue weighted by Gasteiger charge is -2.14. The molecule has 2 atom stereocenters. The van der Waals surface area contributed by atoms with Gasteiger partial charge in [0.1, 0.15) is 6.10 Å². The lowest BCUT2D eigenvalue weighted by atomic mass is 10.1. The Kier molecular flexibility index (Phi) is 2.93. The van der Waals surface area contributed by atoms with Gasteiger partial charge in [0.2, 0.25) is 5.91 Å². The van der Waals surface area contributed by atoms with Gasteiger partial charge in [0.15, 0.2) is 6.10 Å². The molecule has 0 aliphatic rings. The van der Waals surface area contributed by atoms with Crippen molar-refractivity contribution in [2.75, 3.05) is 0 Å². The number of aliphatic hydroxyl groups is 2. The molecule has 0 bridgehead atoms. The molecule has 0 aliphatic carbocycles. The number of H-pyrrole nitrogens is 1. The summed E-state index contributed by atoms with van der Waals surface area (Å²) < 4.78 is 0. The molecule has 5 nitrogen and oxygen atoms in total. The Labute approximate surface area is 81.6 Å². The van der Waals surface area contributed by atoms with Crippen molar-refractivity contribution in [2.45, 2.75) is 26.1 Å². The minimum atomic E-state index is -1.58. The van der Waals surface area contributed by atoms with Gasteiger partial charge in [-0.15, -0.1) is 0 Å². The average Bonchev–Trinajstić information content (AvgIpc) is 2.42. The van der Waals surface area contributed by atoms with E-state index in [4.69, 9.17) is 5.73 Å². The van der Waals surface area contributed by atoms with Crippen LogP contribution in [0, 0.1) is 13.8 Å². The van der Waals surface area contributed by atoms with Gasteiger partial charge >= 0.3 is 0 Å². The van der Waals surface area contributed by atoms with Gasteiger partial charge in [0.05, 0.1) is 5.69 Å². The van der Waals surface area contributed by atoms with Crippen LogP contribution in [0.5, 0.6) is 0 Å². The smallest absolute Gasteiger partial charge is 0.249 e. The molecule has 1 heterocycles. The van der Waals surface area contributed by atoms with Crippen LogP contribution >= 0.6 is 0 Å². The van der Waals surface area contributed by atoms with E-state index in [-0.39, 0.29) is 0 Å². The Morgan fingerprint density at radius 1 is 1.50 bits per heavy atom. The van der Waals surface area contributed by atoms with E-state index < -0.39 is 18.1 Å². The number of rotatable bonds is 3. The van der Waals surface area contributed by atoms with Crippen molar-refractivity contribution in [1.29, 1.82) is 0 Å². The van der Waals surface area contributed by atoms with Gasteiger partial charge in [-0.25, -0.2) is 0 Å². The van der Waals surface area contributed by atoms with Gasteiger partial charge in [-0.3, -0.25) is 4.79 Å². The summed E-state index contributed by atoms with van der Waals surface area (Å²) in [4.78, 5) is 13.5. The summed E-state index contributed by atoms with van der Waals surface area (Å²) in [5.41, 5.74) is 6.94. The van der Waals surface area contributed by atoms with Crippen LogP contribution < -0.4 is 5.73 Å². The van der Waals surface area contributed by atoms with Crippen molar-refractivity contribution in [3.8, 4) is 0 Å². The first-order valence-corrected chi connectivity index (χ1v) is 4.25. The summed E-state index contributed by atoms with van der Waals surface area (Å²) in [5, 5.41) is 18.8. The van der Waals surface area contributed by atoms with Crippen LogP contribution in [0.3, 0.4) is 0 Å². The third-order valence-electron chi connectivity index (χ3n) is 2.08. The van der Waals surface area contributed by atoms with E-state index in [0.717, 1.165) is 11.3 Å². The Morgan fingerprint density at radius 3 is 2.43 bits per heavy atom. The van der Waals surface area contributed by atoms with E-state index in [1.165, 1.54) is 0 Å². The molecule has 1 amide bonds. The highest BCUT2D eigenvalue weighted by molar-refractivity contribution is 5.79. The number of carbonyl (C=O) groups excluding carboxylic acids is 1. The topological polar surface area (TPSA) is 99.3 Å². The molecule has 0 radical (unpaired) electrons. The third kappa shape index (κ3) is 1.94. The maximum atomic E-state index is 10.6. The largest absolute Gasteiger partial charge is 0.384 e. The van der Waals surface area contributed by atoms with Crippen molar-refractivity contribution in [3.05, 3.63) is 23.0 Å². The molecule has 5 N–H and O–H groups in total. The number of hydrogen-bond donors (Lipinski definition) is 4. The Bertz CT molecular complexity index is 346. The molecule has 0 aliphatic heterocycles. The number of aryl methyl sites for hydroxylation is 2. The summed E-state index contributed by atoms with van der Waals surface area (Å²) in [6.07, 6.45) is -2.87. The van der Waals surface area contributed by atoms with Gasteiger partial charge in [-0.1, -0.05) is 0 Å². The summed E-state index contributed by atoms with van der Waals surface area (Å²) in [7, 11) is 0. The fraction of sp³-hybridized carbons (Fsp3) is 0.444. The van der Waals surface area contributed by atoms with Crippen LogP contribution in [0.25, 0.3) is 0 Å². The molecule has 78 valence electrons. The van der Waals surface area contributed by atoms with Gasteiger partial charge in [0, 0.05) is 5.69 Å². The fourth-order valence-corrected chi connectivity index (χ4v) is 1.37. The second-order valence-corrected chi connectivity index (χ2v) is 3.34. The molecular formula is C9H14N2O3. The summed E-state index contributed by atoms with van der Waals surface area (Å²) in [6.45, 7) is 3.59. The zero-order valence-corrected chi connectivity index (χ0v) is 8.11. The van der Waals surface area contributed by atoms with Crippen LogP contribution in [0.2, 0.25) is 0 Å². The lowest BCUT2D eigenvalue weighted by Crippen LogP contribution is -2.34. The molecular weight excluding hydrogens is 184 g/mol. The van der Waals surface area contributed by atoms with Crippen LogP contribution in [0.4, 0.5) is 0 Å². The van der Waals surface area contributed by atoms with Crippen molar-refractivity contribution in [3.63, 3.8) is 0 Å². The lowest BCUT2D eigenvalue weighted by molar-refractivity contribution is -0.132. The van der Waals surface area contributed by atoms with Crippen LogP contribution in [0.1, 0.15) is 23.1 Å². The van der Waals surface area contributed by atoms with E-state index >= 15 is 0 Å². The molecule has 0 aromatic carbocycles. The molecule has 0 fully saturated rings. The van der Waals surface area contributed by atoms with E-state index in [2.05, 4.69) is 4.98 Å². The average molecular weight is 198 g/mol. The summed E-state index contributed by atoms with van der Waals surface area (Å²) >= 11 is 0. The molecule has 0 saturated heterocycles. The zero-order chi connectivity index (χ0) is 10.9. The molecule has 1 aromatic rings. The van der Waals surface area contributed by atoms with E-state index in [9.17, 15) is 15.0 Å². The normalized spacial score (nSPS) is 15.1. The molecule has 1 aromatic heterocycles. The Balaban J connectivity index is 2.94. The summed E-state index contributed by atoms with van der Waals surface area (Å²) in [6, 6.07) is 1.81. The first-order valence-electron chi connectivity index (χ1n) is 4.25. The van der Waals surface area contributed by atoms with Crippen molar-refractivity contribution in [2.24, 2.45) is 5.73 Å². The van der Waals surface area contributed by atoms with Crippen molar-refractivity contribution >= 4 is 5.91 Å². The second-order valence-electron chi connectivity index (χ2n) is 3.34. The van der Waals surface area contributed by atoms with Gasteiger partial charge in [-0.2, -0.15) is 0 Å². The maximum Gasteiger partial charge on any atom is 0.249 e. The van der Waals surface area contributed by atoms with E-state index in [1.54, 1.807) is 6.92 Å². The fourth-order valence-electron chi connectivity index (χ4n) is 1.37. The molecule has 5 heteroatoms. The number of aromatic amines is 1. The highest BCUT2D eigenvalue weighted by Crippen LogP contribution is 2.20. The third-order valence-corrected chi connectivity index (χ3v) is 2.08. The van der Waals surface area contributed by atoms with E-state index in [1.807, 2.05) is 13.0 Å². The van der Waals surface area contributed by atoms with Gasteiger partial charge in [0.25, 0.3) is 0 Å². The van der Waals surface area contributed by atoms with Crippen LogP contribution in [0.15, 0.2) is 6.07 Å². The number of nitrogens with two attached hydrogens (primary N) is 1. The molecule has 0 saturated carbocycles. The number of carbonyl (C=O) groups is 1. The van der Waals surface area contributed by atoms with Gasteiger partial charge < -0.3 is 20.9 Å². The van der Waals surface area contributed by atoms with Crippen LogP contribution in [-0.2, 0) is 4.79 Å². The number of aromatic nitrogens is 1. The number of nitrogens with one attached hydrogen (secondary N) is 1. The maximum absolute atomic E-state index is 10.6. The first-order chi connectivity index (χ1) is 6.43. The van der Waals surface area contributed by atoms with Crippen molar-refractivity contribution < 1.29 is 15.0 Å². The molecule has 0 spiro atoms.